The predicted molar refractivity (Wildman–Crippen MR) is 113 cm³/mol. The van der Waals surface area contributed by atoms with E-state index in [0.717, 1.165) is 36.0 Å². The molecule has 0 spiro atoms. The van der Waals surface area contributed by atoms with Crippen LogP contribution in [0.4, 0.5) is 17.1 Å². The molecule has 0 atom stereocenters. The van der Waals surface area contributed by atoms with Crippen molar-refractivity contribution in [3.63, 3.8) is 0 Å². The van der Waals surface area contributed by atoms with Gasteiger partial charge in [0.25, 0.3) is 0 Å². The highest BCUT2D eigenvalue weighted by Crippen LogP contribution is 2.25. The van der Waals surface area contributed by atoms with E-state index in [0.29, 0.717) is 5.69 Å². The zero-order chi connectivity index (χ0) is 19.3. The SMILES string of the molecule is Cc1ccc(CCc2ccccc2)cc1Nc1cccc(NS(C)(=O)=O)c1. The van der Waals surface area contributed by atoms with Crippen molar-refractivity contribution in [2.45, 2.75) is 19.8 Å². The van der Waals surface area contributed by atoms with Crippen LogP contribution in [0.25, 0.3) is 0 Å². The van der Waals surface area contributed by atoms with Gasteiger partial charge < -0.3 is 5.32 Å². The molecule has 3 aromatic rings. The van der Waals surface area contributed by atoms with Gasteiger partial charge in [0, 0.05) is 11.4 Å². The van der Waals surface area contributed by atoms with Gasteiger partial charge in [-0.15, -0.1) is 0 Å². The lowest BCUT2D eigenvalue weighted by Crippen LogP contribution is -2.09. The van der Waals surface area contributed by atoms with Crippen LogP contribution in [-0.4, -0.2) is 14.7 Å². The minimum Gasteiger partial charge on any atom is -0.355 e. The highest BCUT2D eigenvalue weighted by molar-refractivity contribution is 7.92. The number of hydrogen-bond acceptors (Lipinski definition) is 3. The smallest absolute Gasteiger partial charge is 0.229 e. The van der Waals surface area contributed by atoms with E-state index in [1.807, 2.05) is 18.2 Å². The minimum atomic E-state index is -3.29. The highest BCUT2D eigenvalue weighted by atomic mass is 32.2. The van der Waals surface area contributed by atoms with E-state index in [1.165, 1.54) is 11.1 Å². The van der Waals surface area contributed by atoms with E-state index in [9.17, 15) is 8.42 Å². The van der Waals surface area contributed by atoms with Gasteiger partial charge in [-0.25, -0.2) is 8.42 Å². The van der Waals surface area contributed by atoms with Crippen LogP contribution in [0, 0.1) is 6.92 Å². The predicted octanol–water partition coefficient (Wildman–Crippen LogP) is 4.90. The number of anilines is 3. The van der Waals surface area contributed by atoms with E-state index in [4.69, 9.17) is 0 Å². The second kappa shape index (κ2) is 8.27. The fraction of sp³-hybridized carbons (Fsp3) is 0.182. The van der Waals surface area contributed by atoms with Crippen LogP contribution in [0.15, 0.2) is 72.8 Å². The summed E-state index contributed by atoms with van der Waals surface area (Å²) in [6.07, 6.45) is 3.11. The van der Waals surface area contributed by atoms with Gasteiger partial charge >= 0.3 is 0 Å². The first-order valence-corrected chi connectivity index (χ1v) is 10.8. The quantitative estimate of drug-likeness (QED) is 0.613. The molecule has 140 valence electrons. The summed E-state index contributed by atoms with van der Waals surface area (Å²) in [7, 11) is -3.29. The maximum Gasteiger partial charge on any atom is 0.229 e. The van der Waals surface area contributed by atoms with Gasteiger partial charge in [-0.3, -0.25) is 4.72 Å². The van der Waals surface area contributed by atoms with Crippen molar-refractivity contribution < 1.29 is 8.42 Å². The van der Waals surface area contributed by atoms with Gasteiger partial charge in [-0.05, 0) is 60.7 Å². The third kappa shape index (κ3) is 5.86. The zero-order valence-electron chi connectivity index (χ0n) is 15.6. The molecule has 0 amide bonds. The lowest BCUT2D eigenvalue weighted by Gasteiger charge is -2.13. The van der Waals surface area contributed by atoms with Gasteiger partial charge in [-0.1, -0.05) is 48.5 Å². The number of hydrogen-bond donors (Lipinski definition) is 2. The van der Waals surface area contributed by atoms with E-state index in [1.54, 1.807) is 12.1 Å². The third-order valence-electron chi connectivity index (χ3n) is 4.29. The van der Waals surface area contributed by atoms with E-state index < -0.39 is 10.0 Å². The Bertz CT molecular complexity index is 1020. The topological polar surface area (TPSA) is 58.2 Å². The minimum absolute atomic E-state index is 0.542. The number of benzene rings is 3. The average molecular weight is 381 g/mol. The fourth-order valence-electron chi connectivity index (χ4n) is 2.92. The molecule has 0 radical (unpaired) electrons. The lowest BCUT2D eigenvalue weighted by molar-refractivity contribution is 0.607. The summed E-state index contributed by atoms with van der Waals surface area (Å²) in [5.74, 6) is 0. The van der Waals surface area contributed by atoms with Crippen molar-refractivity contribution in [3.8, 4) is 0 Å². The molecule has 0 saturated carbocycles. The summed E-state index contributed by atoms with van der Waals surface area (Å²) in [5.41, 5.74) is 6.13. The zero-order valence-corrected chi connectivity index (χ0v) is 16.4. The molecular weight excluding hydrogens is 356 g/mol. The van der Waals surface area contributed by atoms with Crippen molar-refractivity contribution in [2.24, 2.45) is 0 Å². The monoisotopic (exact) mass is 380 g/mol. The summed E-state index contributed by atoms with van der Waals surface area (Å²) in [6, 6.07) is 24.1. The summed E-state index contributed by atoms with van der Waals surface area (Å²) in [6.45, 7) is 2.06. The number of rotatable bonds is 7. The van der Waals surface area contributed by atoms with Crippen LogP contribution in [0.1, 0.15) is 16.7 Å². The summed E-state index contributed by atoms with van der Waals surface area (Å²) < 4.78 is 25.4. The number of nitrogens with one attached hydrogen (secondary N) is 2. The van der Waals surface area contributed by atoms with Gasteiger partial charge in [0.1, 0.15) is 0 Å². The molecule has 0 fully saturated rings. The van der Waals surface area contributed by atoms with Crippen molar-refractivity contribution in [1.29, 1.82) is 0 Å². The Morgan fingerprint density at radius 2 is 1.48 bits per heavy atom. The van der Waals surface area contributed by atoms with E-state index >= 15 is 0 Å². The van der Waals surface area contributed by atoms with E-state index in [2.05, 4.69) is 59.4 Å². The summed E-state index contributed by atoms with van der Waals surface area (Å²) in [4.78, 5) is 0. The third-order valence-corrected chi connectivity index (χ3v) is 4.90. The molecule has 0 heterocycles. The normalized spacial score (nSPS) is 11.2. The summed E-state index contributed by atoms with van der Waals surface area (Å²) in [5, 5.41) is 3.40. The van der Waals surface area contributed by atoms with Crippen molar-refractivity contribution in [2.75, 3.05) is 16.3 Å². The van der Waals surface area contributed by atoms with Gasteiger partial charge in [0.05, 0.1) is 11.9 Å². The largest absolute Gasteiger partial charge is 0.355 e. The fourth-order valence-corrected chi connectivity index (χ4v) is 3.48. The van der Waals surface area contributed by atoms with Crippen LogP contribution in [0.2, 0.25) is 0 Å². The van der Waals surface area contributed by atoms with Crippen molar-refractivity contribution in [1.82, 2.24) is 0 Å². The van der Waals surface area contributed by atoms with Crippen LogP contribution in [0.5, 0.6) is 0 Å². The molecule has 0 aliphatic heterocycles. The van der Waals surface area contributed by atoms with Crippen LogP contribution >= 0.6 is 0 Å². The Morgan fingerprint density at radius 1 is 0.778 bits per heavy atom. The van der Waals surface area contributed by atoms with Gasteiger partial charge in [-0.2, -0.15) is 0 Å². The average Bonchev–Trinajstić information content (AvgIpc) is 2.62. The molecule has 27 heavy (non-hydrogen) atoms. The number of aryl methyl sites for hydroxylation is 3. The molecule has 0 saturated heterocycles. The molecule has 3 rings (SSSR count). The molecule has 2 N–H and O–H groups in total. The lowest BCUT2D eigenvalue weighted by atomic mass is 10.0. The number of sulfonamides is 1. The Morgan fingerprint density at radius 3 is 2.22 bits per heavy atom. The first-order chi connectivity index (χ1) is 12.9. The highest BCUT2D eigenvalue weighted by Gasteiger charge is 2.05. The molecular formula is C22H24N2O2S. The molecule has 0 aliphatic rings. The first kappa shape index (κ1) is 19.0. The van der Waals surface area contributed by atoms with Crippen molar-refractivity contribution >= 4 is 27.1 Å². The first-order valence-electron chi connectivity index (χ1n) is 8.87. The van der Waals surface area contributed by atoms with Gasteiger partial charge in [0.15, 0.2) is 0 Å². The maximum absolute atomic E-state index is 11.4. The van der Waals surface area contributed by atoms with Crippen LogP contribution in [-0.2, 0) is 22.9 Å². The molecule has 0 aromatic heterocycles. The van der Waals surface area contributed by atoms with E-state index in [-0.39, 0.29) is 0 Å². The Hall–Kier alpha value is -2.79. The molecule has 0 bridgehead atoms. The Labute approximate surface area is 161 Å². The molecule has 3 aromatic carbocycles. The summed E-state index contributed by atoms with van der Waals surface area (Å²) >= 11 is 0. The van der Waals surface area contributed by atoms with Crippen LogP contribution in [0.3, 0.4) is 0 Å². The second-order valence-electron chi connectivity index (χ2n) is 6.71. The molecule has 4 nitrogen and oxygen atoms in total. The molecule has 0 unspecified atom stereocenters. The van der Waals surface area contributed by atoms with Crippen LogP contribution < -0.4 is 10.0 Å². The van der Waals surface area contributed by atoms with Crippen molar-refractivity contribution in [3.05, 3.63) is 89.5 Å². The maximum atomic E-state index is 11.4. The standard InChI is InChI=1S/C22H24N2O2S/c1-17-11-12-19(14-13-18-7-4-3-5-8-18)15-22(17)23-20-9-6-10-21(16-20)24-27(2,25)26/h3-12,15-16,23-24H,13-14H2,1-2H3. The Balaban J connectivity index is 1.74. The van der Waals surface area contributed by atoms with Gasteiger partial charge in [0.2, 0.25) is 10.0 Å². The molecule has 5 heteroatoms. The Kier molecular flexibility index (Phi) is 5.81. The molecule has 0 aliphatic carbocycles. The second-order valence-corrected chi connectivity index (χ2v) is 8.46.